The highest BCUT2D eigenvalue weighted by Crippen LogP contribution is 2.28. The van der Waals surface area contributed by atoms with E-state index < -0.39 is 0 Å². The number of halogens is 4. The average molecular weight is 549 g/mol. The molecule has 1 aliphatic rings. The molecule has 3 aromatic rings. The molecule has 1 N–H and O–H groups in total. The Bertz CT molecular complexity index is 1150. The number of anilines is 2. The molecule has 190 valence electrons. The van der Waals surface area contributed by atoms with Crippen LogP contribution in [0.1, 0.15) is 24.8 Å². The Morgan fingerprint density at radius 3 is 2.31 bits per heavy atom. The summed E-state index contributed by atoms with van der Waals surface area (Å²) in [5, 5.41) is 4.40. The molecular formula is C28H29Cl3FN3O. The van der Waals surface area contributed by atoms with Crippen molar-refractivity contribution < 1.29 is 9.18 Å². The topological polar surface area (TPSA) is 35.6 Å². The monoisotopic (exact) mass is 547 g/mol. The van der Waals surface area contributed by atoms with Gasteiger partial charge in [0, 0.05) is 22.9 Å². The first kappa shape index (κ1) is 26.7. The van der Waals surface area contributed by atoms with E-state index >= 15 is 0 Å². The van der Waals surface area contributed by atoms with E-state index in [2.05, 4.69) is 10.2 Å². The summed E-state index contributed by atoms with van der Waals surface area (Å²) in [6.07, 6.45) is 4.04. The number of urea groups is 1. The summed E-state index contributed by atoms with van der Waals surface area (Å²) in [7, 11) is 0. The molecule has 0 saturated carbocycles. The van der Waals surface area contributed by atoms with Crippen molar-refractivity contribution in [1.82, 2.24) is 4.90 Å². The van der Waals surface area contributed by atoms with Gasteiger partial charge >= 0.3 is 6.03 Å². The van der Waals surface area contributed by atoms with Crippen LogP contribution in [0.5, 0.6) is 0 Å². The van der Waals surface area contributed by atoms with Crippen molar-refractivity contribution in [1.29, 1.82) is 0 Å². The number of rotatable bonds is 8. The SMILES string of the molecule is O=C(Nc1ccc(Cl)cc1)N(CCCN1CCC(Cc2ccc(F)cc2)CC1)c1ccc(Cl)c(Cl)c1. The van der Waals surface area contributed by atoms with Gasteiger partial charge in [0.1, 0.15) is 5.82 Å². The van der Waals surface area contributed by atoms with E-state index in [9.17, 15) is 9.18 Å². The lowest BCUT2D eigenvalue weighted by molar-refractivity contribution is 0.183. The molecule has 36 heavy (non-hydrogen) atoms. The smallest absolute Gasteiger partial charge is 0.308 e. The van der Waals surface area contributed by atoms with Crippen LogP contribution in [0.4, 0.5) is 20.6 Å². The molecule has 4 rings (SSSR count). The van der Waals surface area contributed by atoms with Crippen molar-refractivity contribution in [3.63, 3.8) is 0 Å². The van der Waals surface area contributed by atoms with Crippen LogP contribution >= 0.6 is 34.8 Å². The minimum absolute atomic E-state index is 0.190. The van der Waals surface area contributed by atoms with Crippen LogP contribution in [0.3, 0.4) is 0 Å². The van der Waals surface area contributed by atoms with Crippen LogP contribution < -0.4 is 10.2 Å². The Balaban J connectivity index is 1.31. The Morgan fingerprint density at radius 1 is 0.944 bits per heavy atom. The summed E-state index contributed by atoms with van der Waals surface area (Å²) in [6, 6.07) is 18.8. The van der Waals surface area contributed by atoms with Gasteiger partial charge in [0.2, 0.25) is 0 Å². The average Bonchev–Trinajstić information content (AvgIpc) is 2.87. The Labute approximate surface area is 226 Å². The third-order valence-corrected chi connectivity index (χ3v) is 7.55. The lowest BCUT2D eigenvalue weighted by Crippen LogP contribution is -2.39. The molecule has 0 spiro atoms. The molecule has 0 atom stereocenters. The second-order valence-electron chi connectivity index (χ2n) is 9.16. The van der Waals surface area contributed by atoms with Crippen molar-refractivity contribution in [3.05, 3.63) is 93.2 Å². The van der Waals surface area contributed by atoms with Gasteiger partial charge in [-0.25, -0.2) is 9.18 Å². The molecule has 0 aromatic heterocycles. The van der Waals surface area contributed by atoms with Crippen molar-refractivity contribution in [2.45, 2.75) is 25.7 Å². The van der Waals surface area contributed by atoms with Crippen molar-refractivity contribution in [3.8, 4) is 0 Å². The summed E-state index contributed by atoms with van der Waals surface area (Å²) in [6.45, 7) is 3.48. The van der Waals surface area contributed by atoms with Gasteiger partial charge in [-0.05, 0) is 111 Å². The number of carbonyl (C=O) groups excluding carboxylic acids is 1. The van der Waals surface area contributed by atoms with Gasteiger partial charge in [-0.2, -0.15) is 0 Å². The number of carbonyl (C=O) groups is 1. The van der Waals surface area contributed by atoms with Crippen LogP contribution in [0.25, 0.3) is 0 Å². The third kappa shape index (κ3) is 7.59. The van der Waals surface area contributed by atoms with Gasteiger partial charge < -0.3 is 10.2 Å². The summed E-state index contributed by atoms with van der Waals surface area (Å²) >= 11 is 18.3. The fraction of sp³-hybridized carbons (Fsp3) is 0.321. The molecule has 1 saturated heterocycles. The number of hydrogen-bond acceptors (Lipinski definition) is 2. The van der Waals surface area contributed by atoms with E-state index in [1.807, 2.05) is 12.1 Å². The number of nitrogens with zero attached hydrogens (tertiary/aromatic N) is 2. The molecule has 4 nitrogen and oxygen atoms in total. The minimum Gasteiger partial charge on any atom is -0.308 e. The molecule has 1 aliphatic heterocycles. The number of amides is 2. The second-order valence-corrected chi connectivity index (χ2v) is 10.4. The Kier molecular flexibility index (Phi) is 9.49. The number of benzene rings is 3. The maximum absolute atomic E-state index is 13.2. The van der Waals surface area contributed by atoms with Crippen molar-refractivity contribution >= 4 is 52.2 Å². The number of likely N-dealkylation sites (tertiary alicyclic amines) is 1. The van der Waals surface area contributed by atoms with E-state index in [-0.39, 0.29) is 11.8 Å². The van der Waals surface area contributed by atoms with E-state index in [0.29, 0.717) is 38.9 Å². The normalized spacial score (nSPS) is 14.6. The molecule has 0 unspecified atom stereocenters. The fourth-order valence-electron chi connectivity index (χ4n) is 4.55. The highest BCUT2D eigenvalue weighted by molar-refractivity contribution is 6.42. The highest BCUT2D eigenvalue weighted by Gasteiger charge is 2.21. The van der Waals surface area contributed by atoms with Crippen LogP contribution in [-0.4, -0.2) is 37.1 Å². The first-order valence-corrected chi connectivity index (χ1v) is 13.3. The van der Waals surface area contributed by atoms with Crippen LogP contribution in [0.2, 0.25) is 15.1 Å². The predicted molar refractivity (Wildman–Crippen MR) is 148 cm³/mol. The van der Waals surface area contributed by atoms with Crippen LogP contribution in [0, 0.1) is 11.7 Å². The lowest BCUT2D eigenvalue weighted by Gasteiger charge is -2.32. The molecule has 0 aliphatic carbocycles. The lowest BCUT2D eigenvalue weighted by atomic mass is 9.90. The van der Waals surface area contributed by atoms with Crippen LogP contribution in [0.15, 0.2) is 66.7 Å². The molecule has 8 heteroatoms. The van der Waals surface area contributed by atoms with Crippen LogP contribution in [-0.2, 0) is 6.42 Å². The summed E-state index contributed by atoms with van der Waals surface area (Å²) in [4.78, 5) is 17.3. The summed E-state index contributed by atoms with van der Waals surface area (Å²) < 4.78 is 13.2. The van der Waals surface area contributed by atoms with E-state index in [0.717, 1.165) is 45.3 Å². The van der Waals surface area contributed by atoms with E-state index in [4.69, 9.17) is 34.8 Å². The molecular weight excluding hydrogens is 520 g/mol. The van der Waals surface area contributed by atoms with Gasteiger partial charge in [0.25, 0.3) is 0 Å². The summed E-state index contributed by atoms with van der Waals surface area (Å²) in [5.41, 5.74) is 2.55. The summed E-state index contributed by atoms with van der Waals surface area (Å²) in [5.74, 6) is 0.426. The van der Waals surface area contributed by atoms with E-state index in [1.54, 1.807) is 47.4 Å². The largest absolute Gasteiger partial charge is 0.326 e. The Hall–Kier alpha value is -2.31. The maximum atomic E-state index is 13.2. The molecule has 0 bridgehead atoms. The van der Waals surface area contributed by atoms with Gasteiger partial charge in [-0.1, -0.05) is 46.9 Å². The predicted octanol–water partition coefficient (Wildman–Crippen LogP) is 8.17. The zero-order valence-electron chi connectivity index (χ0n) is 19.9. The number of nitrogens with one attached hydrogen (secondary N) is 1. The molecule has 2 amide bonds. The molecule has 1 heterocycles. The fourth-order valence-corrected chi connectivity index (χ4v) is 4.96. The van der Waals surface area contributed by atoms with E-state index in [1.165, 1.54) is 17.7 Å². The van der Waals surface area contributed by atoms with Gasteiger partial charge in [0.15, 0.2) is 0 Å². The molecule has 1 fully saturated rings. The molecule has 3 aromatic carbocycles. The third-order valence-electron chi connectivity index (χ3n) is 6.56. The maximum Gasteiger partial charge on any atom is 0.326 e. The highest BCUT2D eigenvalue weighted by atomic mass is 35.5. The first-order valence-electron chi connectivity index (χ1n) is 12.1. The zero-order valence-corrected chi connectivity index (χ0v) is 22.2. The van der Waals surface area contributed by atoms with Crippen molar-refractivity contribution in [2.24, 2.45) is 5.92 Å². The number of piperidine rings is 1. The Morgan fingerprint density at radius 2 is 1.64 bits per heavy atom. The second kappa shape index (κ2) is 12.8. The van der Waals surface area contributed by atoms with Gasteiger partial charge in [-0.15, -0.1) is 0 Å². The van der Waals surface area contributed by atoms with Gasteiger partial charge in [-0.3, -0.25) is 4.90 Å². The minimum atomic E-state index is -0.242. The quantitative estimate of drug-likeness (QED) is 0.308. The van der Waals surface area contributed by atoms with Crippen molar-refractivity contribution in [2.75, 3.05) is 36.4 Å². The zero-order chi connectivity index (χ0) is 25.5. The first-order chi connectivity index (χ1) is 17.4. The van der Waals surface area contributed by atoms with Gasteiger partial charge in [0.05, 0.1) is 10.0 Å². The molecule has 0 radical (unpaired) electrons. The standard InChI is InChI=1S/C28H29Cl3FN3O/c29-22-4-8-24(9-5-22)33-28(36)35(25-10-11-26(30)27(31)19-25)15-1-14-34-16-12-21(13-17-34)18-20-2-6-23(32)7-3-20/h2-11,19,21H,1,12-18H2,(H,33,36). The number of hydrogen-bond donors (Lipinski definition) is 1.